The van der Waals surface area contributed by atoms with Gasteiger partial charge in [0.25, 0.3) is 0 Å². The van der Waals surface area contributed by atoms with Gasteiger partial charge in [-0.05, 0) is 57.8 Å². The molecule has 3 nitrogen and oxygen atoms in total. The van der Waals surface area contributed by atoms with E-state index in [-0.39, 0.29) is 64.9 Å². The summed E-state index contributed by atoms with van der Waals surface area (Å²) in [5.74, 6) is 1.70. The van der Waals surface area contributed by atoms with Crippen molar-refractivity contribution in [3.8, 4) is 5.75 Å². The van der Waals surface area contributed by atoms with Gasteiger partial charge in [-0.15, -0.1) is 0 Å². The Morgan fingerprint density at radius 1 is 1.11 bits per heavy atom. The van der Waals surface area contributed by atoms with E-state index in [1.54, 1.807) is 23.9 Å². The fraction of sp³-hybridized carbons (Fsp3) is 0.294. The summed E-state index contributed by atoms with van der Waals surface area (Å²) < 4.78 is 41.0. The van der Waals surface area contributed by atoms with E-state index in [0.29, 0.717) is 4.47 Å². The molecule has 0 heterocycles. The number of halogens is 3. The average molecular weight is 497 g/mol. The molecule has 0 aliphatic heterocycles. The summed E-state index contributed by atoms with van der Waals surface area (Å²) in [6, 6.07) is 15.1. The van der Waals surface area contributed by atoms with Crippen molar-refractivity contribution < 1.29 is 22.8 Å². The van der Waals surface area contributed by atoms with Gasteiger partial charge < -0.3 is 9.42 Å². The zero-order chi connectivity index (χ0) is 18.3. The van der Waals surface area contributed by atoms with Crippen LogP contribution in [0.4, 0.5) is 8.78 Å². The van der Waals surface area contributed by atoms with Crippen LogP contribution in [0.1, 0.15) is 17.5 Å². The Hall–Kier alpha value is 1.12. The number of thioether (sulfide) groups is 1. The second-order valence-corrected chi connectivity index (χ2v) is 9.00. The Morgan fingerprint density at radius 2 is 1.78 bits per heavy atom. The van der Waals surface area contributed by atoms with Gasteiger partial charge in [-0.25, -0.2) is 4.57 Å². The molecular formula is C17H18BrF2Na2O3PS. The third-order valence-corrected chi connectivity index (χ3v) is 6.02. The molecule has 0 bridgehead atoms. The third-order valence-electron chi connectivity index (χ3n) is 3.34. The van der Waals surface area contributed by atoms with Crippen LogP contribution < -0.4 is 4.52 Å². The molecule has 27 heavy (non-hydrogen) atoms. The molecular weight excluding hydrogens is 479 g/mol. The number of benzene rings is 2. The maximum Gasteiger partial charge on any atom is 0.442 e. The summed E-state index contributed by atoms with van der Waals surface area (Å²) >= 11 is 4.96. The van der Waals surface area contributed by atoms with Crippen molar-refractivity contribution in [3.63, 3.8) is 0 Å². The van der Waals surface area contributed by atoms with Crippen molar-refractivity contribution in [2.24, 2.45) is 0 Å². The SMILES string of the molecule is O=P(O)(Oc1ccc(CSCCCc2ccccc2)cc1Br)C(F)F.[Na].[Na]. The Bertz CT molecular complexity index is 741. The van der Waals surface area contributed by atoms with Gasteiger partial charge in [0.15, 0.2) is 0 Å². The van der Waals surface area contributed by atoms with E-state index in [4.69, 9.17) is 4.89 Å². The van der Waals surface area contributed by atoms with Crippen LogP contribution in [0.3, 0.4) is 0 Å². The van der Waals surface area contributed by atoms with Crippen molar-refractivity contribution in [2.45, 2.75) is 24.8 Å². The van der Waals surface area contributed by atoms with Gasteiger partial charge in [0.2, 0.25) is 0 Å². The molecule has 2 aromatic rings. The quantitative estimate of drug-likeness (QED) is 0.289. The van der Waals surface area contributed by atoms with Crippen molar-refractivity contribution in [1.82, 2.24) is 0 Å². The van der Waals surface area contributed by atoms with E-state index in [1.165, 1.54) is 11.6 Å². The molecule has 0 amide bonds. The van der Waals surface area contributed by atoms with E-state index in [0.717, 1.165) is 29.9 Å². The van der Waals surface area contributed by atoms with E-state index in [9.17, 15) is 13.3 Å². The molecule has 0 saturated heterocycles. The fourth-order valence-corrected chi connectivity index (χ4v) is 4.16. The van der Waals surface area contributed by atoms with Crippen LogP contribution in [-0.4, -0.2) is 75.9 Å². The first-order chi connectivity index (χ1) is 11.9. The summed E-state index contributed by atoms with van der Waals surface area (Å²) in [6.07, 6.45) is -1.33. The van der Waals surface area contributed by atoms with Gasteiger partial charge >= 0.3 is 13.8 Å². The molecule has 0 saturated carbocycles. The summed E-state index contributed by atoms with van der Waals surface area (Å²) in [4.78, 5) is 9.09. The predicted octanol–water partition coefficient (Wildman–Crippen LogP) is 5.34. The smallest absolute Gasteiger partial charge is 0.420 e. The fourth-order valence-electron chi connectivity index (χ4n) is 2.10. The molecule has 10 heteroatoms. The second kappa shape index (κ2) is 14.2. The summed E-state index contributed by atoms with van der Waals surface area (Å²) in [5.41, 5.74) is 2.30. The van der Waals surface area contributed by atoms with Gasteiger partial charge in [-0.1, -0.05) is 36.4 Å². The molecule has 2 radical (unpaired) electrons. The van der Waals surface area contributed by atoms with Gasteiger partial charge in [0.1, 0.15) is 5.75 Å². The first kappa shape index (κ1) is 28.1. The van der Waals surface area contributed by atoms with Gasteiger partial charge in [-0.3, -0.25) is 0 Å². The summed E-state index contributed by atoms with van der Waals surface area (Å²) in [7, 11) is -4.96. The minimum atomic E-state index is -4.96. The van der Waals surface area contributed by atoms with Crippen LogP contribution in [0.2, 0.25) is 0 Å². The van der Waals surface area contributed by atoms with Crippen molar-refractivity contribution in [3.05, 3.63) is 64.1 Å². The van der Waals surface area contributed by atoms with E-state index in [2.05, 4.69) is 32.6 Å². The Morgan fingerprint density at radius 3 is 2.37 bits per heavy atom. The molecule has 1 N–H and O–H groups in total. The van der Waals surface area contributed by atoms with Crippen LogP contribution in [0.5, 0.6) is 5.75 Å². The first-order valence-corrected chi connectivity index (χ1v) is 11.2. The van der Waals surface area contributed by atoms with Gasteiger partial charge in [0.05, 0.1) is 4.47 Å². The maximum atomic E-state index is 12.4. The normalized spacial score (nSPS) is 12.6. The third kappa shape index (κ3) is 10.1. The minimum absolute atomic E-state index is 0. The summed E-state index contributed by atoms with van der Waals surface area (Å²) in [6.45, 7) is 0. The Labute approximate surface area is 215 Å². The molecule has 0 spiro atoms. The molecule has 1 unspecified atom stereocenters. The van der Waals surface area contributed by atoms with E-state index in [1.807, 2.05) is 18.2 Å². The van der Waals surface area contributed by atoms with Crippen molar-refractivity contribution in [1.29, 1.82) is 0 Å². The molecule has 0 aromatic heterocycles. The number of rotatable bonds is 9. The molecule has 2 rings (SSSR count). The Balaban J connectivity index is 0.00000338. The number of aryl methyl sites for hydroxylation is 1. The largest absolute Gasteiger partial charge is 0.442 e. The van der Waals surface area contributed by atoms with Crippen LogP contribution >= 0.6 is 35.3 Å². The maximum absolute atomic E-state index is 12.4. The van der Waals surface area contributed by atoms with Crippen molar-refractivity contribution >= 4 is 94.4 Å². The molecule has 0 aliphatic carbocycles. The zero-order valence-corrected chi connectivity index (χ0v) is 22.6. The number of hydrogen-bond acceptors (Lipinski definition) is 3. The summed E-state index contributed by atoms with van der Waals surface area (Å²) in [5, 5.41) is 0. The van der Waals surface area contributed by atoms with E-state index >= 15 is 0 Å². The van der Waals surface area contributed by atoms with Crippen LogP contribution in [-0.2, 0) is 16.7 Å². The second-order valence-electron chi connectivity index (χ2n) is 5.34. The molecule has 2 aromatic carbocycles. The molecule has 0 aliphatic rings. The van der Waals surface area contributed by atoms with Crippen LogP contribution in [0, 0.1) is 0 Å². The topological polar surface area (TPSA) is 46.5 Å². The standard InChI is InChI=1S/C17H18BrF2O3PS.2Na/c18-15-11-14(8-9-16(15)23-24(21,22)17(19)20)12-25-10-4-7-13-5-2-1-3-6-13;;/h1-3,5-6,8-9,11,17H,4,7,10,12H2,(H,21,22);;. The Kier molecular flexibility index (Phi) is 14.8. The number of alkyl halides is 2. The van der Waals surface area contributed by atoms with Crippen molar-refractivity contribution in [2.75, 3.05) is 5.75 Å². The molecule has 1 atom stereocenters. The number of hydrogen-bond donors (Lipinski definition) is 1. The van der Waals surface area contributed by atoms with Crippen LogP contribution in [0.15, 0.2) is 53.0 Å². The molecule has 0 fully saturated rings. The zero-order valence-electron chi connectivity index (χ0n) is 15.3. The van der Waals surface area contributed by atoms with Gasteiger partial charge in [-0.2, -0.15) is 20.5 Å². The molecule has 138 valence electrons. The van der Waals surface area contributed by atoms with Gasteiger partial charge in [0, 0.05) is 64.9 Å². The minimum Gasteiger partial charge on any atom is -0.420 e. The first-order valence-electron chi connectivity index (χ1n) is 7.59. The van der Waals surface area contributed by atoms with Crippen LogP contribution in [0.25, 0.3) is 0 Å². The monoisotopic (exact) mass is 496 g/mol. The predicted molar refractivity (Wildman–Crippen MR) is 113 cm³/mol. The van der Waals surface area contributed by atoms with E-state index < -0.39 is 13.8 Å². The average Bonchev–Trinajstić information content (AvgIpc) is 2.57.